The van der Waals surface area contributed by atoms with E-state index in [1.807, 2.05) is 13.8 Å². The van der Waals surface area contributed by atoms with Crippen LogP contribution in [0, 0.1) is 5.92 Å². The van der Waals surface area contributed by atoms with Gasteiger partial charge in [0.15, 0.2) is 0 Å². The Labute approximate surface area is 116 Å². The zero-order valence-corrected chi connectivity index (χ0v) is 12.7. The number of hydrogen-bond donors (Lipinski definition) is 3. The van der Waals surface area contributed by atoms with Gasteiger partial charge in [0.1, 0.15) is 0 Å². The highest BCUT2D eigenvalue weighted by molar-refractivity contribution is 5.80. The number of aliphatic hydroxyl groups is 1. The molecule has 0 aromatic carbocycles. The number of rotatable bonds is 6. The summed E-state index contributed by atoms with van der Waals surface area (Å²) in [5.41, 5.74) is -1.66. The van der Waals surface area contributed by atoms with Crippen molar-refractivity contribution in [2.75, 3.05) is 19.8 Å². The van der Waals surface area contributed by atoms with E-state index in [1.165, 1.54) is 0 Å². The Bertz CT molecular complexity index is 310. The lowest BCUT2D eigenvalue weighted by Gasteiger charge is -2.39. The van der Waals surface area contributed by atoms with Crippen molar-refractivity contribution in [3.05, 3.63) is 0 Å². The molecule has 0 spiro atoms. The molecule has 5 heteroatoms. The summed E-state index contributed by atoms with van der Waals surface area (Å²) in [6.07, 6.45) is 1.03. The Morgan fingerprint density at radius 3 is 2.47 bits per heavy atom. The third kappa shape index (κ3) is 4.16. The third-order valence-electron chi connectivity index (χ3n) is 4.04. The van der Waals surface area contributed by atoms with E-state index in [0.717, 1.165) is 13.0 Å². The highest BCUT2D eigenvalue weighted by atomic mass is 16.5. The van der Waals surface area contributed by atoms with Gasteiger partial charge in [-0.15, -0.1) is 0 Å². The molecule has 1 heterocycles. The first-order chi connectivity index (χ1) is 8.69. The van der Waals surface area contributed by atoms with E-state index < -0.39 is 11.1 Å². The van der Waals surface area contributed by atoms with Gasteiger partial charge in [-0.25, -0.2) is 0 Å². The minimum absolute atomic E-state index is 0.0572. The van der Waals surface area contributed by atoms with E-state index in [0.29, 0.717) is 13.2 Å². The Morgan fingerprint density at radius 2 is 1.95 bits per heavy atom. The van der Waals surface area contributed by atoms with E-state index in [1.54, 1.807) is 13.8 Å². The van der Waals surface area contributed by atoms with Gasteiger partial charge in [0.2, 0.25) is 5.91 Å². The lowest BCUT2D eigenvalue weighted by molar-refractivity contribution is -0.130. The number of amides is 1. The zero-order valence-electron chi connectivity index (χ0n) is 12.7. The molecule has 0 bridgehead atoms. The summed E-state index contributed by atoms with van der Waals surface area (Å²) in [5, 5.41) is 16.4. The summed E-state index contributed by atoms with van der Waals surface area (Å²) in [6.45, 7) is 11.0. The van der Waals surface area contributed by atoms with Crippen LogP contribution >= 0.6 is 0 Å². The van der Waals surface area contributed by atoms with E-state index >= 15 is 0 Å². The molecule has 0 radical (unpaired) electrons. The van der Waals surface area contributed by atoms with Crippen molar-refractivity contribution >= 4 is 5.91 Å². The molecule has 0 aromatic heterocycles. The molecule has 2 atom stereocenters. The predicted octanol–water partition coefficient (Wildman–Crippen LogP) is 0.667. The van der Waals surface area contributed by atoms with E-state index in [9.17, 15) is 9.90 Å². The van der Waals surface area contributed by atoms with Gasteiger partial charge in [-0.05, 0) is 40.7 Å². The van der Waals surface area contributed by atoms with Gasteiger partial charge in [-0.2, -0.15) is 0 Å². The molecular weight excluding hydrogens is 244 g/mol. The van der Waals surface area contributed by atoms with Crippen molar-refractivity contribution in [2.45, 2.75) is 58.2 Å². The fourth-order valence-corrected chi connectivity index (χ4v) is 1.90. The fourth-order valence-electron chi connectivity index (χ4n) is 1.90. The Kier molecular flexibility index (Phi) is 5.35. The second-order valence-corrected chi connectivity index (χ2v) is 6.38. The first kappa shape index (κ1) is 16.4. The summed E-state index contributed by atoms with van der Waals surface area (Å²) < 4.78 is 5.40. The molecule has 19 heavy (non-hydrogen) atoms. The van der Waals surface area contributed by atoms with Gasteiger partial charge in [-0.3, -0.25) is 4.79 Å². The van der Waals surface area contributed by atoms with Crippen LogP contribution in [0.2, 0.25) is 0 Å². The van der Waals surface area contributed by atoms with Crippen LogP contribution in [-0.2, 0) is 9.53 Å². The molecule has 0 aromatic rings. The van der Waals surface area contributed by atoms with Gasteiger partial charge >= 0.3 is 0 Å². The average Bonchev–Trinajstić information content (AvgIpc) is 2.72. The maximum Gasteiger partial charge on any atom is 0.227 e. The lowest BCUT2D eigenvalue weighted by atomic mass is 9.85. The Balaban J connectivity index is 2.62. The smallest absolute Gasteiger partial charge is 0.227 e. The first-order valence-electron chi connectivity index (χ1n) is 7.04. The van der Waals surface area contributed by atoms with Crippen LogP contribution in [0.25, 0.3) is 0 Å². The molecule has 0 aliphatic carbocycles. The molecule has 2 unspecified atom stereocenters. The van der Waals surface area contributed by atoms with Crippen LogP contribution in [0.3, 0.4) is 0 Å². The topological polar surface area (TPSA) is 70.6 Å². The molecule has 1 saturated heterocycles. The predicted molar refractivity (Wildman–Crippen MR) is 74.9 cm³/mol. The summed E-state index contributed by atoms with van der Waals surface area (Å²) in [7, 11) is 0. The number of carbonyl (C=O) groups excluding carboxylic acids is 1. The van der Waals surface area contributed by atoms with Crippen LogP contribution in [0.4, 0.5) is 0 Å². The van der Waals surface area contributed by atoms with E-state index in [4.69, 9.17) is 4.74 Å². The number of nitrogens with one attached hydrogen (secondary N) is 2. The minimum atomic E-state index is -0.978. The van der Waals surface area contributed by atoms with Gasteiger partial charge in [0.05, 0.1) is 30.3 Å². The summed E-state index contributed by atoms with van der Waals surface area (Å²) in [4.78, 5) is 12.3. The second kappa shape index (κ2) is 6.20. The van der Waals surface area contributed by atoms with Gasteiger partial charge in [0, 0.05) is 6.04 Å². The van der Waals surface area contributed by atoms with Crippen molar-refractivity contribution in [2.24, 2.45) is 5.92 Å². The maximum atomic E-state index is 12.3. The number of hydrogen-bond acceptors (Lipinski definition) is 4. The standard InChI is InChI=1S/C14H28N2O3/c1-6-7-15-11-9-19-8-10(11)12(17)16-13(2,3)14(4,5)18/h10-11,15,18H,6-9H2,1-5H3,(H,16,17). The van der Waals surface area contributed by atoms with Gasteiger partial charge < -0.3 is 20.5 Å². The average molecular weight is 272 g/mol. The van der Waals surface area contributed by atoms with E-state index in [2.05, 4.69) is 17.6 Å². The van der Waals surface area contributed by atoms with Crippen molar-refractivity contribution in [1.82, 2.24) is 10.6 Å². The quantitative estimate of drug-likeness (QED) is 0.664. The SMILES string of the molecule is CCCNC1COCC1C(=O)NC(C)(C)C(C)(C)O. The summed E-state index contributed by atoms with van der Waals surface area (Å²) in [5.74, 6) is -0.244. The molecule has 112 valence electrons. The molecule has 1 rings (SSSR count). The third-order valence-corrected chi connectivity index (χ3v) is 4.04. The molecule has 3 N–H and O–H groups in total. The molecule has 0 saturated carbocycles. The molecule has 5 nitrogen and oxygen atoms in total. The molecule has 1 aliphatic rings. The van der Waals surface area contributed by atoms with Crippen molar-refractivity contribution in [3.63, 3.8) is 0 Å². The van der Waals surface area contributed by atoms with E-state index in [-0.39, 0.29) is 17.9 Å². The summed E-state index contributed by atoms with van der Waals surface area (Å²) >= 11 is 0. The lowest BCUT2D eigenvalue weighted by Crippen LogP contribution is -2.60. The van der Waals surface area contributed by atoms with Crippen molar-refractivity contribution in [3.8, 4) is 0 Å². The molecule has 1 fully saturated rings. The van der Waals surface area contributed by atoms with Crippen LogP contribution in [0.1, 0.15) is 41.0 Å². The monoisotopic (exact) mass is 272 g/mol. The van der Waals surface area contributed by atoms with Gasteiger partial charge in [0.25, 0.3) is 0 Å². The number of carbonyl (C=O) groups is 1. The Morgan fingerprint density at radius 1 is 1.32 bits per heavy atom. The largest absolute Gasteiger partial charge is 0.388 e. The zero-order chi connectivity index (χ0) is 14.7. The fraction of sp³-hybridized carbons (Fsp3) is 0.929. The summed E-state index contributed by atoms with van der Waals surface area (Å²) in [6, 6.07) is 0.0672. The Hall–Kier alpha value is -0.650. The normalized spacial score (nSPS) is 24.5. The van der Waals surface area contributed by atoms with Crippen molar-refractivity contribution in [1.29, 1.82) is 0 Å². The molecule has 1 aliphatic heterocycles. The number of ether oxygens (including phenoxy) is 1. The van der Waals surface area contributed by atoms with Crippen molar-refractivity contribution < 1.29 is 14.6 Å². The molecule has 1 amide bonds. The first-order valence-corrected chi connectivity index (χ1v) is 7.04. The highest BCUT2D eigenvalue weighted by Gasteiger charge is 2.40. The second-order valence-electron chi connectivity index (χ2n) is 6.38. The van der Waals surface area contributed by atoms with Crippen LogP contribution < -0.4 is 10.6 Å². The van der Waals surface area contributed by atoms with Crippen LogP contribution in [0.15, 0.2) is 0 Å². The van der Waals surface area contributed by atoms with Gasteiger partial charge in [-0.1, -0.05) is 6.92 Å². The van der Waals surface area contributed by atoms with Crippen LogP contribution in [-0.4, -0.2) is 48.0 Å². The molecular formula is C14H28N2O3. The minimum Gasteiger partial charge on any atom is -0.388 e. The van der Waals surface area contributed by atoms with Crippen LogP contribution in [0.5, 0.6) is 0 Å². The maximum absolute atomic E-state index is 12.3. The highest BCUT2D eigenvalue weighted by Crippen LogP contribution is 2.22.